The first-order valence-corrected chi connectivity index (χ1v) is 27.5. The molecule has 0 radical (unpaired) electrons. The van der Waals surface area contributed by atoms with E-state index in [2.05, 4.69) is 318 Å². The Balaban J connectivity index is 0.951. The third-order valence-electron chi connectivity index (χ3n) is 15.7. The summed E-state index contributed by atoms with van der Waals surface area (Å²) in [5.41, 5.74) is 20.1. The summed E-state index contributed by atoms with van der Waals surface area (Å²) < 4.78 is 6.95. The Bertz CT molecular complexity index is 4090. The van der Waals surface area contributed by atoms with Gasteiger partial charge in [-0.3, -0.25) is 0 Å². The predicted molar refractivity (Wildman–Crippen MR) is 337 cm³/mol. The molecule has 0 atom stereocenters. The summed E-state index contributed by atoms with van der Waals surface area (Å²) in [6.45, 7) is 13.7. The van der Waals surface area contributed by atoms with Crippen molar-refractivity contribution < 1.29 is 4.42 Å². The lowest BCUT2D eigenvalue weighted by Crippen LogP contribution is -2.14. The largest absolute Gasteiger partial charge is 0.456 e. The molecule has 382 valence electrons. The minimum absolute atomic E-state index is 0.0314. The molecule has 0 aliphatic rings. The molecule has 0 unspecified atom stereocenters. The van der Waals surface area contributed by atoms with Crippen LogP contribution < -0.4 is 9.80 Å². The highest BCUT2D eigenvalue weighted by molar-refractivity contribution is 6.14. The first-order valence-electron chi connectivity index (χ1n) is 27.5. The normalized spacial score (nSPS) is 11.9. The average Bonchev–Trinajstić information content (AvgIpc) is 3.94. The van der Waals surface area contributed by atoms with Crippen molar-refractivity contribution in [2.75, 3.05) is 9.80 Å². The number of rotatable bonds is 10. The van der Waals surface area contributed by atoms with Gasteiger partial charge in [-0.2, -0.15) is 0 Å². The van der Waals surface area contributed by atoms with Gasteiger partial charge in [0.05, 0.1) is 11.4 Å². The van der Waals surface area contributed by atoms with E-state index in [1.54, 1.807) is 0 Å². The van der Waals surface area contributed by atoms with Gasteiger partial charge in [0.1, 0.15) is 11.2 Å². The second-order valence-corrected chi connectivity index (χ2v) is 23.1. The Morgan fingerprint density at radius 2 is 0.620 bits per heavy atom. The van der Waals surface area contributed by atoms with Gasteiger partial charge in [0.15, 0.2) is 0 Å². The average molecular weight is 1020 g/mol. The summed E-state index contributed by atoms with van der Waals surface area (Å²) in [6, 6.07) is 97.6. The molecule has 0 spiro atoms. The van der Waals surface area contributed by atoms with Gasteiger partial charge in [-0.25, -0.2) is 0 Å². The molecule has 79 heavy (non-hydrogen) atoms. The van der Waals surface area contributed by atoms with Gasteiger partial charge < -0.3 is 14.2 Å². The highest BCUT2D eigenvalue weighted by Crippen LogP contribution is 2.47. The molecule has 0 saturated heterocycles. The minimum atomic E-state index is -0.0314. The zero-order valence-corrected chi connectivity index (χ0v) is 45.7. The number of hydrogen-bond donors (Lipinski definition) is 0. The second kappa shape index (κ2) is 19.8. The lowest BCUT2D eigenvalue weighted by atomic mass is 9.84. The maximum absolute atomic E-state index is 6.95. The summed E-state index contributed by atoms with van der Waals surface area (Å²) in [5.74, 6) is 0. The number of nitrogens with zero attached hydrogens (tertiary/aromatic N) is 2. The number of hydrogen-bond acceptors (Lipinski definition) is 3. The first kappa shape index (κ1) is 49.2. The number of furan rings is 1. The number of anilines is 6. The van der Waals surface area contributed by atoms with Crippen molar-refractivity contribution in [3.8, 4) is 44.5 Å². The lowest BCUT2D eigenvalue weighted by Gasteiger charge is -2.30. The second-order valence-electron chi connectivity index (χ2n) is 23.1. The fraction of sp³-hybridized carbons (Fsp3) is 0.105. The standard InChI is InChI=1S/C76H62N2O/c1-75(2,3)61-35-39-71(67(49-61)53-25-15-9-16-26-53)77(63-31-19-29-55(41-63)51-21-11-7-12-22-51)65-37-33-57-45-69-70-46-58-34-38-66(44-60(58)48-74(70)79-73(69)47-59(57)43-65)78(64-32-20-30-56(42-64)52-23-13-8-14-24-52)72-40-36-62(76(4,5)6)50-68(72)54-27-17-10-18-28-54/h7-50H,1-6H3. The van der Waals surface area contributed by atoms with Gasteiger partial charge in [0, 0.05) is 44.6 Å². The molecular formula is C76H62N2O. The Kier molecular flexibility index (Phi) is 12.4. The van der Waals surface area contributed by atoms with Gasteiger partial charge >= 0.3 is 0 Å². The molecule has 12 aromatic carbocycles. The van der Waals surface area contributed by atoms with Crippen LogP contribution in [0.2, 0.25) is 0 Å². The summed E-state index contributed by atoms with van der Waals surface area (Å²) in [6.07, 6.45) is 0. The van der Waals surface area contributed by atoms with Gasteiger partial charge in [-0.15, -0.1) is 0 Å². The van der Waals surface area contributed by atoms with Crippen LogP contribution in [0.5, 0.6) is 0 Å². The maximum atomic E-state index is 6.95. The summed E-state index contributed by atoms with van der Waals surface area (Å²) in [7, 11) is 0. The van der Waals surface area contributed by atoms with Crippen LogP contribution in [0.15, 0.2) is 271 Å². The Labute approximate surface area is 464 Å². The highest BCUT2D eigenvalue weighted by Gasteiger charge is 2.25. The van der Waals surface area contributed by atoms with Crippen molar-refractivity contribution >= 4 is 77.6 Å². The maximum Gasteiger partial charge on any atom is 0.136 e. The van der Waals surface area contributed by atoms with Crippen LogP contribution in [-0.4, -0.2) is 0 Å². The SMILES string of the molecule is CC(C)(C)c1ccc(N(c2cccc(-c3ccccc3)c2)c2ccc3cc4c(cc3c2)oc2cc3cc(N(c5cccc(-c6ccccc6)c5)c5ccc(C(C)(C)C)cc5-c5ccccc5)ccc3cc24)c(-c2ccccc2)c1. The summed E-state index contributed by atoms with van der Waals surface area (Å²) in [5, 5.41) is 6.71. The van der Waals surface area contributed by atoms with Crippen LogP contribution in [0, 0.1) is 0 Å². The molecule has 0 amide bonds. The minimum Gasteiger partial charge on any atom is -0.456 e. The number of benzene rings is 12. The van der Waals surface area contributed by atoms with Crippen molar-refractivity contribution in [3.63, 3.8) is 0 Å². The zero-order valence-electron chi connectivity index (χ0n) is 45.7. The molecule has 1 aromatic heterocycles. The first-order chi connectivity index (χ1) is 38.4. The van der Waals surface area contributed by atoms with E-state index in [9.17, 15) is 0 Å². The van der Waals surface area contributed by atoms with Crippen LogP contribution in [0.1, 0.15) is 52.7 Å². The van der Waals surface area contributed by atoms with E-state index in [0.717, 1.165) is 88.7 Å². The van der Waals surface area contributed by atoms with Crippen LogP contribution >= 0.6 is 0 Å². The molecule has 0 aliphatic carbocycles. The molecule has 3 heteroatoms. The lowest BCUT2D eigenvalue weighted by molar-refractivity contribution is 0.590. The summed E-state index contributed by atoms with van der Waals surface area (Å²) in [4.78, 5) is 4.85. The van der Waals surface area contributed by atoms with Gasteiger partial charge in [0.25, 0.3) is 0 Å². The van der Waals surface area contributed by atoms with E-state index < -0.39 is 0 Å². The third-order valence-corrected chi connectivity index (χ3v) is 15.7. The summed E-state index contributed by atoms with van der Waals surface area (Å²) >= 11 is 0. The molecular weight excluding hydrogens is 957 g/mol. The molecule has 0 fully saturated rings. The highest BCUT2D eigenvalue weighted by atomic mass is 16.3. The van der Waals surface area contributed by atoms with Crippen LogP contribution in [-0.2, 0) is 10.8 Å². The van der Waals surface area contributed by atoms with Crippen LogP contribution in [0.3, 0.4) is 0 Å². The molecule has 0 saturated carbocycles. The molecule has 3 nitrogen and oxygen atoms in total. The van der Waals surface area contributed by atoms with Crippen molar-refractivity contribution in [1.29, 1.82) is 0 Å². The van der Waals surface area contributed by atoms with Crippen LogP contribution in [0.25, 0.3) is 88.0 Å². The van der Waals surface area contributed by atoms with E-state index in [1.807, 2.05) is 0 Å². The molecule has 0 bridgehead atoms. The molecule has 13 rings (SSSR count). The van der Waals surface area contributed by atoms with Crippen molar-refractivity contribution in [2.24, 2.45) is 0 Å². The van der Waals surface area contributed by atoms with Gasteiger partial charge in [-0.05, 0) is 174 Å². The van der Waals surface area contributed by atoms with E-state index >= 15 is 0 Å². The fourth-order valence-corrected chi connectivity index (χ4v) is 11.4. The van der Waals surface area contributed by atoms with E-state index in [1.165, 1.54) is 44.5 Å². The van der Waals surface area contributed by atoms with Gasteiger partial charge in [0.2, 0.25) is 0 Å². The topological polar surface area (TPSA) is 19.6 Å². The predicted octanol–water partition coefficient (Wildman–Crippen LogP) is 22.1. The molecule has 13 aromatic rings. The quantitative estimate of drug-likeness (QED) is 0.136. The molecule has 0 N–H and O–H groups in total. The fourth-order valence-electron chi connectivity index (χ4n) is 11.4. The van der Waals surface area contributed by atoms with E-state index in [4.69, 9.17) is 4.42 Å². The Hall–Kier alpha value is -9.44. The Morgan fingerprint density at radius 1 is 0.266 bits per heavy atom. The van der Waals surface area contributed by atoms with Crippen molar-refractivity contribution in [2.45, 2.75) is 52.4 Å². The third kappa shape index (κ3) is 9.53. The van der Waals surface area contributed by atoms with E-state index in [0.29, 0.717) is 0 Å². The van der Waals surface area contributed by atoms with Gasteiger partial charge in [-0.1, -0.05) is 211 Å². The zero-order chi connectivity index (χ0) is 53.8. The Morgan fingerprint density at radius 3 is 1.00 bits per heavy atom. The van der Waals surface area contributed by atoms with Crippen molar-refractivity contribution in [3.05, 3.63) is 278 Å². The van der Waals surface area contributed by atoms with E-state index in [-0.39, 0.29) is 10.8 Å². The monoisotopic (exact) mass is 1020 g/mol. The smallest absolute Gasteiger partial charge is 0.136 e. The molecule has 0 aliphatic heterocycles. The molecule has 1 heterocycles. The van der Waals surface area contributed by atoms with Crippen molar-refractivity contribution in [1.82, 2.24) is 0 Å². The van der Waals surface area contributed by atoms with Crippen LogP contribution in [0.4, 0.5) is 34.1 Å². The number of fused-ring (bicyclic) bond motifs is 5.